The molecule has 0 radical (unpaired) electrons. The van der Waals surface area contributed by atoms with Crippen molar-refractivity contribution in [1.82, 2.24) is 0 Å². The fourth-order valence-corrected chi connectivity index (χ4v) is 7.66. The van der Waals surface area contributed by atoms with Gasteiger partial charge in [0.05, 0.1) is 31.1 Å². The Kier molecular flexibility index (Phi) is 7.73. The van der Waals surface area contributed by atoms with E-state index in [2.05, 4.69) is 41.5 Å². The van der Waals surface area contributed by atoms with Crippen LogP contribution < -0.4 is 0 Å². The first kappa shape index (κ1) is 22.8. The van der Waals surface area contributed by atoms with E-state index in [0.29, 0.717) is 48.3 Å². The summed E-state index contributed by atoms with van der Waals surface area (Å²) in [7, 11) is -3.18. The van der Waals surface area contributed by atoms with E-state index in [9.17, 15) is 4.57 Å². The zero-order chi connectivity index (χ0) is 20.5. The molecule has 1 saturated heterocycles. The average molecular weight is 415 g/mol. The van der Waals surface area contributed by atoms with Gasteiger partial charge in [0.2, 0.25) is 0 Å². The minimum absolute atomic E-state index is 0.0480. The van der Waals surface area contributed by atoms with Crippen molar-refractivity contribution in [1.29, 1.82) is 0 Å². The number of hydrogen-bond acceptors (Lipinski definition) is 4. The van der Waals surface area contributed by atoms with E-state index in [-0.39, 0.29) is 18.3 Å². The average Bonchev–Trinajstić information content (AvgIpc) is 3.37. The molecular formula is C23H43O4P. The first-order valence-corrected chi connectivity index (χ1v) is 13.5. The molecule has 0 spiro atoms. The van der Waals surface area contributed by atoms with Crippen molar-refractivity contribution in [3.63, 3.8) is 0 Å². The van der Waals surface area contributed by atoms with E-state index in [0.717, 1.165) is 12.8 Å². The van der Waals surface area contributed by atoms with Gasteiger partial charge in [0.25, 0.3) is 0 Å². The van der Waals surface area contributed by atoms with E-state index >= 15 is 0 Å². The molecule has 1 aliphatic heterocycles. The van der Waals surface area contributed by atoms with Crippen LogP contribution in [0.2, 0.25) is 0 Å². The number of ether oxygens (including phenoxy) is 1. The van der Waals surface area contributed by atoms with Crippen molar-refractivity contribution in [2.45, 2.75) is 98.4 Å². The van der Waals surface area contributed by atoms with Gasteiger partial charge in [-0.05, 0) is 61.2 Å². The lowest BCUT2D eigenvalue weighted by Crippen LogP contribution is -2.37. The summed E-state index contributed by atoms with van der Waals surface area (Å²) < 4.78 is 32.5. The molecule has 0 aromatic rings. The summed E-state index contributed by atoms with van der Waals surface area (Å²) in [4.78, 5) is 0. The Labute approximate surface area is 173 Å². The minimum Gasteiger partial charge on any atom is -0.372 e. The predicted octanol–water partition coefficient (Wildman–Crippen LogP) is 6.53. The van der Waals surface area contributed by atoms with Gasteiger partial charge in [-0.15, -0.1) is 0 Å². The Bertz CT molecular complexity index is 507. The maximum absolute atomic E-state index is 14.0. The molecule has 4 nitrogen and oxygen atoms in total. The molecule has 3 fully saturated rings. The summed E-state index contributed by atoms with van der Waals surface area (Å²) in [5.41, 5.74) is 0. The van der Waals surface area contributed by atoms with E-state index in [4.69, 9.17) is 13.8 Å². The quantitative estimate of drug-likeness (QED) is 0.334. The van der Waals surface area contributed by atoms with Gasteiger partial charge in [-0.1, -0.05) is 54.4 Å². The van der Waals surface area contributed by atoms with Gasteiger partial charge in [-0.2, -0.15) is 0 Å². The second-order valence-electron chi connectivity index (χ2n) is 10.7. The van der Waals surface area contributed by atoms with E-state index in [1.807, 2.05) is 0 Å². The molecule has 0 bridgehead atoms. The van der Waals surface area contributed by atoms with Gasteiger partial charge >= 0.3 is 7.60 Å². The standard InChI is InChI=1S/C23H43O4P/c1-15(2)20-9-7-17(5)11-22(20)26-28(24,14-19-13-25-19)27-23-12-18(6)8-10-21(23)16(3)4/h15-23H,7-14H2,1-6H3/t17-,18+,19-,20-,21+,22+,23+,28?/m0/s1. The topological polar surface area (TPSA) is 48.1 Å². The van der Waals surface area contributed by atoms with Crippen LogP contribution in [0.15, 0.2) is 0 Å². The predicted molar refractivity (Wildman–Crippen MR) is 115 cm³/mol. The summed E-state index contributed by atoms with van der Waals surface area (Å²) in [6, 6.07) is 0. The Morgan fingerprint density at radius 2 is 1.29 bits per heavy atom. The minimum atomic E-state index is -3.18. The number of epoxide rings is 1. The summed E-state index contributed by atoms with van der Waals surface area (Å²) >= 11 is 0. The third-order valence-corrected chi connectivity index (χ3v) is 9.38. The Morgan fingerprint density at radius 1 is 0.857 bits per heavy atom. The molecule has 0 aromatic heterocycles. The summed E-state index contributed by atoms with van der Waals surface area (Å²) in [5.74, 6) is 3.29. The van der Waals surface area contributed by atoms with Crippen molar-refractivity contribution >= 4 is 7.60 Å². The largest absolute Gasteiger partial charge is 0.372 e. The second-order valence-corrected chi connectivity index (χ2v) is 12.7. The molecule has 0 N–H and O–H groups in total. The van der Waals surface area contributed by atoms with Gasteiger partial charge in [0.15, 0.2) is 0 Å². The molecule has 28 heavy (non-hydrogen) atoms. The van der Waals surface area contributed by atoms with Crippen LogP contribution in [0.1, 0.15) is 80.1 Å². The molecule has 2 aliphatic carbocycles. The Morgan fingerprint density at radius 3 is 1.64 bits per heavy atom. The molecule has 1 heterocycles. The highest BCUT2D eigenvalue weighted by Crippen LogP contribution is 2.57. The third-order valence-electron chi connectivity index (χ3n) is 7.34. The van der Waals surface area contributed by atoms with E-state index in [1.165, 1.54) is 25.7 Å². The van der Waals surface area contributed by atoms with Crippen molar-refractivity contribution in [2.24, 2.45) is 35.5 Å². The van der Waals surface area contributed by atoms with Crippen LogP contribution in [0.25, 0.3) is 0 Å². The first-order valence-electron chi connectivity index (χ1n) is 11.7. The van der Waals surface area contributed by atoms with Crippen LogP contribution in [-0.2, 0) is 18.3 Å². The van der Waals surface area contributed by atoms with Crippen LogP contribution in [0, 0.1) is 35.5 Å². The first-order chi connectivity index (χ1) is 13.2. The van der Waals surface area contributed by atoms with Crippen molar-refractivity contribution < 1.29 is 18.3 Å². The summed E-state index contributed by atoms with van der Waals surface area (Å²) in [5, 5.41) is 0. The van der Waals surface area contributed by atoms with Crippen LogP contribution in [0.4, 0.5) is 0 Å². The fraction of sp³-hybridized carbons (Fsp3) is 1.00. The molecule has 2 saturated carbocycles. The maximum Gasteiger partial charge on any atom is 0.333 e. The molecule has 0 amide bonds. The van der Waals surface area contributed by atoms with E-state index in [1.54, 1.807) is 0 Å². The SMILES string of the molecule is CC(C)[C@H]1CC[C@@H](C)C[C@H]1OP(=O)(C[C@@H]1CO1)O[C@@H]1C[C@@H](C)CC[C@H]1C(C)C. The van der Waals surface area contributed by atoms with Crippen LogP contribution in [-0.4, -0.2) is 31.1 Å². The highest BCUT2D eigenvalue weighted by Gasteiger charge is 2.45. The lowest BCUT2D eigenvalue weighted by Gasteiger charge is -2.41. The lowest BCUT2D eigenvalue weighted by atomic mass is 9.75. The number of hydrogen-bond donors (Lipinski definition) is 0. The maximum atomic E-state index is 14.0. The van der Waals surface area contributed by atoms with Crippen LogP contribution in [0.5, 0.6) is 0 Å². The second kappa shape index (κ2) is 9.50. The molecule has 8 atom stereocenters. The smallest absolute Gasteiger partial charge is 0.333 e. The van der Waals surface area contributed by atoms with Gasteiger partial charge in [0, 0.05) is 0 Å². The Balaban J connectivity index is 1.76. The van der Waals surface area contributed by atoms with Crippen LogP contribution in [0.3, 0.4) is 0 Å². The van der Waals surface area contributed by atoms with Crippen molar-refractivity contribution in [3.8, 4) is 0 Å². The van der Waals surface area contributed by atoms with Crippen molar-refractivity contribution in [3.05, 3.63) is 0 Å². The molecule has 164 valence electrons. The highest BCUT2D eigenvalue weighted by atomic mass is 31.2. The zero-order valence-electron chi connectivity index (χ0n) is 18.9. The van der Waals surface area contributed by atoms with Gasteiger partial charge in [-0.3, -0.25) is 4.57 Å². The van der Waals surface area contributed by atoms with E-state index < -0.39 is 7.60 Å². The Hall–Kier alpha value is 0.110. The van der Waals surface area contributed by atoms with Crippen molar-refractivity contribution in [2.75, 3.05) is 12.8 Å². The summed E-state index contributed by atoms with van der Waals surface area (Å²) in [6.07, 6.45) is 7.40. The zero-order valence-corrected chi connectivity index (χ0v) is 19.8. The molecule has 3 aliphatic rings. The molecule has 5 heteroatoms. The summed E-state index contributed by atoms with van der Waals surface area (Å²) in [6.45, 7) is 14.4. The molecular weight excluding hydrogens is 371 g/mol. The molecule has 1 unspecified atom stereocenters. The normalized spacial score (nSPS) is 41.2. The fourth-order valence-electron chi connectivity index (χ4n) is 5.42. The molecule has 0 aromatic carbocycles. The van der Waals surface area contributed by atoms with Gasteiger partial charge in [-0.25, -0.2) is 0 Å². The third kappa shape index (κ3) is 6.06. The molecule has 3 rings (SSSR count). The number of rotatable bonds is 8. The van der Waals surface area contributed by atoms with Gasteiger partial charge in [0.1, 0.15) is 0 Å². The lowest BCUT2D eigenvalue weighted by molar-refractivity contribution is -0.00372. The van der Waals surface area contributed by atoms with Crippen LogP contribution >= 0.6 is 7.60 Å². The monoisotopic (exact) mass is 414 g/mol. The van der Waals surface area contributed by atoms with Gasteiger partial charge < -0.3 is 13.8 Å². The highest BCUT2D eigenvalue weighted by molar-refractivity contribution is 7.54.